The summed E-state index contributed by atoms with van der Waals surface area (Å²) < 4.78 is 5.46. The minimum Gasteiger partial charge on any atom is -0.480 e. The Balaban J connectivity index is 1.54. The van der Waals surface area contributed by atoms with Gasteiger partial charge in [0, 0.05) is 18.4 Å². The number of amides is 2. The summed E-state index contributed by atoms with van der Waals surface area (Å²) in [5.41, 5.74) is 4.54. The van der Waals surface area contributed by atoms with Gasteiger partial charge >= 0.3 is 12.1 Å². The molecular weight excluding hydrogens is 384 g/mol. The largest absolute Gasteiger partial charge is 0.480 e. The van der Waals surface area contributed by atoms with E-state index in [0.717, 1.165) is 22.3 Å². The first-order chi connectivity index (χ1) is 14.4. The van der Waals surface area contributed by atoms with E-state index in [0.29, 0.717) is 0 Å². The van der Waals surface area contributed by atoms with Crippen LogP contribution in [0.2, 0.25) is 0 Å². The Morgan fingerprint density at radius 2 is 1.57 bits per heavy atom. The number of carbonyl (C=O) groups excluding carboxylic acids is 2. The van der Waals surface area contributed by atoms with Crippen LogP contribution in [0.25, 0.3) is 11.1 Å². The molecule has 3 N–H and O–H groups in total. The summed E-state index contributed by atoms with van der Waals surface area (Å²) in [5.74, 6) is -1.55. The number of aliphatic carboxylic acids is 1. The van der Waals surface area contributed by atoms with Gasteiger partial charge < -0.3 is 20.5 Å². The summed E-state index contributed by atoms with van der Waals surface area (Å²) in [5, 5.41) is 14.1. The number of alkyl carbamates (subject to hydrolysis) is 1. The van der Waals surface area contributed by atoms with E-state index >= 15 is 0 Å². The third-order valence-electron chi connectivity index (χ3n) is 5.24. The fourth-order valence-electron chi connectivity index (χ4n) is 3.76. The van der Waals surface area contributed by atoms with E-state index in [1.165, 1.54) is 0 Å². The van der Waals surface area contributed by atoms with Crippen molar-refractivity contribution < 1.29 is 24.2 Å². The predicted molar refractivity (Wildman–Crippen MR) is 112 cm³/mol. The number of carbonyl (C=O) groups is 3. The minimum atomic E-state index is -1.08. The van der Waals surface area contributed by atoms with Gasteiger partial charge in [-0.05, 0) is 35.6 Å². The molecule has 3 rings (SSSR count). The summed E-state index contributed by atoms with van der Waals surface area (Å²) in [6.07, 6.45) is -0.356. The maximum atomic E-state index is 12.2. The first-order valence-electron chi connectivity index (χ1n) is 10.0. The smallest absolute Gasteiger partial charge is 0.407 e. The van der Waals surface area contributed by atoms with Crippen molar-refractivity contribution in [1.82, 2.24) is 10.6 Å². The molecule has 0 saturated heterocycles. The Morgan fingerprint density at radius 3 is 2.10 bits per heavy atom. The highest BCUT2D eigenvalue weighted by Crippen LogP contribution is 2.44. The van der Waals surface area contributed by atoms with E-state index in [4.69, 9.17) is 9.84 Å². The van der Waals surface area contributed by atoms with E-state index in [9.17, 15) is 14.4 Å². The van der Waals surface area contributed by atoms with Crippen LogP contribution < -0.4 is 10.6 Å². The van der Waals surface area contributed by atoms with Crippen LogP contribution in [0.1, 0.15) is 43.7 Å². The standard InChI is InChI=1S/C23H26N2O5/c1-3-20(22(27)28)25-21(26)12-14(2)24-23(29)30-13-19-17-10-6-4-8-15(17)16-9-5-7-11-18(16)19/h4-11,14,19-20H,3,12-13H2,1-2H3,(H,24,29)(H,25,26)(H,27,28)/t14-,20-/m1/s1. The Labute approximate surface area is 175 Å². The minimum absolute atomic E-state index is 0.0338. The number of carboxylic acid groups (broad SMARTS) is 1. The predicted octanol–water partition coefficient (Wildman–Crippen LogP) is 3.28. The zero-order chi connectivity index (χ0) is 21.7. The molecule has 0 bridgehead atoms. The molecule has 0 saturated carbocycles. The van der Waals surface area contributed by atoms with Crippen molar-refractivity contribution in [3.05, 3.63) is 59.7 Å². The van der Waals surface area contributed by atoms with Gasteiger partial charge in [-0.2, -0.15) is 0 Å². The van der Waals surface area contributed by atoms with Crippen molar-refractivity contribution in [1.29, 1.82) is 0 Å². The van der Waals surface area contributed by atoms with E-state index in [1.807, 2.05) is 36.4 Å². The van der Waals surface area contributed by atoms with Crippen LogP contribution >= 0.6 is 0 Å². The van der Waals surface area contributed by atoms with Gasteiger partial charge in [-0.1, -0.05) is 55.5 Å². The number of carboxylic acids is 1. The maximum Gasteiger partial charge on any atom is 0.407 e. The second-order valence-corrected chi connectivity index (χ2v) is 7.44. The second-order valence-electron chi connectivity index (χ2n) is 7.44. The lowest BCUT2D eigenvalue weighted by atomic mass is 9.98. The maximum absolute atomic E-state index is 12.2. The first-order valence-corrected chi connectivity index (χ1v) is 10.0. The molecule has 2 aromatic rings. The molecule has 2 atom stereocenters. The fraction of sp³-hybridized carbons (Fsp3) is 0.348. The van der Waals surface area contributed by atoms with E-state index in [2.05, 4.69) is 22.8 Å². The molecular formula is C23H26N2O5. The first kappa shape index (κ1) is 21.4. The monoisotopic (exact) mass is 410 g/mol. The van der Waals surface area contributed by atoms with Crippen LogP contribution in [0.3, 0.4) is 0 Å². The number of benzene rings is 2. The van der Waals surface area contributed by atoms with Gasteiger partial charge in [0.15, 0.2) is 0 Å². The fourth-order valence-corrected chi connectivity index (χ4v) is 3.76. The number of hydrogen-bond donors (Lipinski definition) is 3. The van der Waals surface area contributed by atoms with E-state index < -0.39 is 30.1 Å². The molecule has 1 aliphatic rings. The third-order valence-corrected chi connectivity index (χ3v) is 5.24. The third kappa shape index (κ3) is 4.79. The van der Waals surface area contributed by atoms with Crippen LogP contribution in [-0.4, -0.2) is 41.8 Å². The van der Waals surface area contributed by atoms with Crippen LogP contribution in [0.4, 0.5) is 4.79 Å². The molecule has 2 aromatic carbocycles. The number of nitrogens with one attached hydrogen (secondary N) is 2. The molecule has 0 spiro atoms. The SMILES string of the molecule is CC[C@@H](NC(=O)C[C@@H](C)NC(=O)OCC1c2ccccc2-c2ccccc21)C(=O)O. The zero-order valence-electron chi connectivity index (χ0n) is 17.1. The lowest BCUT2D eigenvalue weighted by Gasteiger charge is -2.18. The summed E-state index contributed by atoms with van der Waals surface area (Å²) in [4.78, 5) is 35.2. The average Bonchev–Trinajstić information content (AvgIpc) is 3.04. The van der Waals surface area contributed by atoms with Crippen LogP contribution in [0.15, 0.2) is 48.5 Å². The van der Waals surface area contributed by atoms with Gasteiger partial charge in [0.1, 0.15) is 12.6 Å². The van der Waals surface area contributed by atoms with Gasteiger partial charge in [0.2, 0.25) is 5.91 Å². The summed E-state index contributed by atoms with van der Waals surface area (Å²) in [6.45, 7) is 3.54. The van der Waals surface area contributed by atoms with Crippen LogP contribution in [-0.2, 0) is 14.3 Å². The molecule has 1 aliphatic carbocycles. The lowest BCUT2D eigenvalue weighted by molar-refractivity contribution is -0.142. The van der Waals surface area contributed by atoms with Crippen LogP contribution in [0, 0.1) is 0 Å². The Hall–Kier alpha value is -3.35. The molecule has 30 heavy (non-hydrogen) atoms. The van der Waals surface area contributed by atoms with Crippen molar-refractivity contribution >= 4 is 18.0 Å². The van der Waals surface area contributed by atoms with Crippen molar-refractivity contribution in [2.24, 2.45) is 0 Å². The molecule has 0 radical (unpaired) electrons. The molecule has 0 unspecified atom stereocenters. The number of hydrogen-bond acceptors (Lipinski definition) is 4. The van der Waals surface area contributed by atoms with Crippen LogP contribution in [0.5, 0.6) is 0 Å². The van der Waals surface area contributed by atoms with E-state index in [1.54, 1.807) is 13.8 Å². The Kier molecular flexibility index (Phi) is 6.72. The lowest BCUT2D eigenvalue weighted by Crippen LogP contribution is -2.43. The van der Waals surface area contributed by atoms with Gasteiger partial charge in [-0.3, -0.25) is 4.79 Å². The van der Waals surface area contributed by atoms with Crippen molar-refractivity contribution in [2.75, 3.05) is 6.61 Å². The number of fused-ring (bicyclic) bond motifs is 3. The average molecular weight is 410 g/mol. The topological polar surface area (TPSA) is 105 Å². The highest BCUT2D eigenvalue weighted by atomic mass is 16.5. The van der Waals surface area contributed by atoms with E-state index in [-0.39, 0.29) is 25.4 Å². The highest BCUT2D eigenvalue weighted by Gasteiger charge is 2.29. The quantitative estimate of drug-likeness (QED) is 0.619. The summed E-state index contributed by atoms with van der Waals surface area (Å²) in [7, 11) is 0. The molecule has 158 valence electrons. The van der Waals surface area contributed by atoms with Crippen molar-refractivity contribution in [2.45, 2.75) is 44.7 Å². The molecule has 0 heterocycles. The summed E-state index contributed by atoms with van der Waals surface area (Å²) >= 11 is 0. The number of rotatable bonds is 8. The zero-order valence-corrected chi connectivity index (χ0v) is 17.1. The molecule has 0 aliphatic heterocycles. The highest BCUT2D eigenvalue weighted by molar-refractivity contribution is 5.84. The molecule has 0 aromatic heterocycles. The second kappa shape index (κ2) is 9.43. The van der Waals surface area contributed by atoms with Gasteiger partial charge in [0.25, 0.3) is 0 Å². The summed E-state index contributed by atoms with van der Waals surface area (Å²) in [6, 6.07) is 14.7. The molecule has 7 heteroatoms. The Morgan fingerprint density at radius 1 is 1.00 bits per heavy atom. The van der Waals surface area contributed by atoms with Crippen molar-refractivity contribution in [3.8, 4) is 11.1 Å². The number of ether oxygens (including phenoxy) is 1. The van der Waals surface area contributed by atoms with Crippen molar-refractivity contribution in [3.63, 3.8) is 0 Å². The molecule has 7 nitrogen and oxygen atoms in total. The van der Waals surface area contributed by atoms with Gasteiger partial charge in [-0.25, -0.2) is 9.59 Å². The normalized spacial score (nSPS) is 14.2. The van der Waals surface area contributed by atoms with Gasteiger partial charge in [-0.15, -0.1) is 0 Å². The molecule has 2 amide bonds. The van der Waals surface area contributed by atoms with Gasteiger partial charge in [0.05, 0.1) is 0 Å². The molecule has 0 fully saturated rings. The Bertz CT molecular complexity index is 897.